The van der Waals surface area contributed by atoms with Crippen molar-refractivity contribution >= 4 is 11.9 Å². The molecule has 1 atom stereocenters. The predicted octanol–water partition coefficient (Wildman–Crippen LogP) is 1.77. The molecule has 3 amide bonds. The third kappa shape index (κ3) is 6.45. The highest BCUT2D eigenvalue weighted by atomic mass is 16.2. The lowest BCUT2D eigenvalue weighted by molar-refractivity contribution is -0.123. The molecule has 0 spiro atoms. The van der Waals surface area contributed by atoms with Crippen molar-refractivity contribution in [2.24, 2.45) is 17.6 Å². The molecular weight excluding hydrogens is 242 g/mol. The lowest BCUT2D eigenvalue weighted by Gasteiger charge is -2.24. The van der Waals surface area contributed by atoms with Gasteiger partial charge in [0.25, 0.3) is 0 Å². The molecule has 0 radical (unpaired) electrons. The molecule has 110 valence electrons. The van der Waals surface area contributed by atoms with Crippen molar-refractivity contribution in [1.29, 1.82) is 0 Å². The van der Waals surface area contributed by atoms with Gasteiger partial charge in [-0.25, -0.2) is 4.79 Å². The molecule has 0 aromatic rings. The molecule has 4 N–H and O–H groups in total. The molecule has 0 bridgehead atoms. The van der Waals surface area contributed by atoms with Crippen LogP contribution in [0.3, 0.4) is 0 Å². The molecule has 5 heteroatoms. The van der Waals surface area contributed by atoms with Gasteiger partial charge in [0, 0.05) is 6.54 Å². The largest absolute Gasteiger partial charge is 0.354 e. The topological polar surface area (TPSA) is 84.2 Å². The fourth-order valence-electron chi connectivity index (χ4n) is 2.63. The molecule has 1 fully saturated rings. The van der Waals surface area contributed by atoms with E-state index in [1.165, 1.54) is 32.1 Å². The number of nitrogens with two attached hydrogens (primary N) is 1. The Morgan fingerprint density at radius 1 is 1.21 bits per heavy atom. The highest BCUT2D eigenvalue weighted by molar-refractivity contribution is 5.86. The minimum atomic E-state index is -0.640. The first-order valence-corrected chi connectivity index (χ1v) is 7.32. The SMILES string of the molecule is CC(C)C[C@H](NC(N)=O)C(=O)NCC1CCCCC1. The van der Waals surface area contributed by atoms with Gasteiger partial charge in [0.1, 0.15) is 6.04 Å². The summed E-state index contributed by atoms with van der Waals surface area (Å²) < 4.78 is 0. The Kier molecular flexibility index (Phi) is 6.67. The average Bonchev–Trinajstić information content (AvgIpc) is 2.35. The Bertz CT molecular complexity index is 299. The minimum Gasteiger partial charge on any atom is -0.354 e. The van der Waals surface area contributed by atoms with Crippen LogP contribution in [0, 0.1) is 11.8 Å². The van der Waals surface area contributed by atoms with Crippen LogP contribution >= 0.6 is 0 Å². The number of rotatable bonds is 6. The summed E-state index contributed by atoms with van der Waals surface area (Å²) in [6, 6.07) is -1.15. The number of amides is 3. The van der Waals surface area contributed by atoms with Gasteiger partial charge >= 0.3 is 6.03 Å². The van der Waals surface area contributed by atoms with E-state index in [1.54, 1.807) is 0 Å². The molecule has 19 heavy (non-hydrogen) atoms. The van der Waals surface area contributed by atoms with Crippen LogP contribution in [0.2, 0.25) is 0 Å². The number of urea groups is 1. The van der Waals surface area contributed by atoms with Crippen LogP contribution in [0.1, 0.15) is 52.4 Å². The van der Waals surface area contributed by atoms with E-state index in [4.69, 9.17) is 5.73 Å². The number of hydrogen-bond donors (Lipinski definition) is 3. The summed E-state index contributed by atoms with van der Waals surface area (Å²) in [6.45, 7) is 4.75. The van der Waals surface area contributed by atoms with Gasteiger partial charge in [-0.2, -0.15) is 0 Å². The van der Waals surface area contributed by atoms with E-state index in [2.05, 4.69) is 10.6 Å². The van der Waals surface area contributed by atoms with Crippen LogP contribution in [0.5, 0.6) is 0 Å². The highest BCUT2D eigenvalue weighted by Gasteiger charge is 2.22. The Morgan fingerprint density at radius 3 is 2.37 bits per heavy atom. The summed E-state index contributed by atoms with van der Waals surface area (Å²) in [7, 11) is 0. The molecule has 0 aromatic carbocycles. The molecule has 0 heterocycles. The Balaban J connectivity index is 2.39. The van der Waals surface area contributed by atoms with Gasteiger partial charge in [0.15, 0.2) is 0 Å². The zero-order chi connectivity index (χ0) is 14.3. The molecule has 1 aliphatic rings. The van der Waals surface area contributed by atoms with Crippen molar-refractivity contribution < 1.29 is 9.59 Å². The van der Waals surface area contributed by atoms with Gasteiger partial charge < -0.3 is 16.4 Å². The second kappa shape index (κ2) is 8.02. The summed E-state index contributed by atoms with van der Waals surface area (Å²) in [5, 5.41) is 5.48. The first-order valence-electron chi connectivity index (χ1n) is 7.32. The minimum absolute atomic E-state index is 0.113. The van der Waals surface area contributed by atoms with Gasteiger partial charge in [0.2, 0.25) is 5.91 Å². The van der Waals surface area contributed by atoms with Gasteiger partial charge in [-0.3, -0.25) is 4.79 Å². The number of carbonyl (C=O) groups is 2. The number of hydrogen-bond acceptors (Lipinski definition) is 2. The normalized spacial score (nSPS) is 18.1. The summed E-state index contributed by atoms with van der Waals surface area (Å²) in [6.07, 6.45) is 6.82. The van der Waals surface area contributed by atoms with Gasteiger partial charge in [0.05, 0.1) is 0 Å². The van der Waals surface area contributed by atoms with Crippen LogP contribution in [0.15, 0.2) is 0 Å². The monoisotopic (exact) mass is 269 g/mol. The maximum absolute atomic E-state index is 12.1. The third-order valence-corrected chi connectivity index (χ3v) is 3.63. The molecule has 1 rings (SSSR count). The van der Waals surface area contributed by atoms with Gasteiger partial charge in [-0.15, -0.1) is 0 Å². The fourth-order valence-corrected chi connectivity index (χ4v) is 2.63. The van der Waals surface area contributed by atoms with Crippen molar-refractivity contribution in [3.05, 3.63) is 0 Å². The Labute approximate surface area is 115 Å². The fraction of sp³-hybridized carbons (Fsp3) is 0.857. The van der Waals surface area contributed by atoms with Crippen LogP contribution in [-0.2, 0) is 4.79 Å². The zero-order valence-electron chi connectivity index (χ0n) is 12.1. The van der Waals surface area contributed by atoms with E-state index < -0.39 is 12.1 Å². The van der Waals surface area contributed by atoms with Crippen LogP contribution in [0.25, 0.3) is 0 Å². The molecule has 1 aliphatic carbocycles. The van der Waals surface area contributed by atoms with Crippen molar-refractivity contribution in [2.45, 2.75) is 58.4 Å². The van der Waals surface area contributed by atoms with E-state index in [0.29, 0.717) is 24.8 Å². The van der Waals surface area contributed by atoms with E-state index >= 15 is 0 Å². The van der Waals surface area contributed by atoms with E-state index in [9.17, 15) is 9.59 Å². The predicted molar refractivity (Wildman–Crippen MR) is 75.5 cm³/mol. The highest BCUT2D eigenvalue weighted by Crippen LogP contribution is 2.22. The van der Waals surface area contributed by atoms with Crippen LogP contribution < -0.4 is 16.4 Å². The lowest BCUT2D eigenvalue weighted by atomic mass is 9.89. The van der Waals surface area contributed by atoms with Gasteiger partial charge in [-0.1, -0.05) is 33.1 Å². The number of nitrogens with one attached hydrogen (secondary N) is 2. The first kappa shape index (κ1) is 15.8. The van der Waals surface area contributed by atoms with Crippen molar-refractivity contribution in [2.75, 3.05) is 6.54 Å². The second-order valence-electron chi connectivity index (χ2n) is 5.94. The van der Waals surface area contributed by atoms with E-state index in [1.807, 2.05) is 13.8 Å². The summed E-state index contributed by atoms with van der Waals surface area (Å²) >= 11 is 0. The van der Waals surface area contributed by atoms with Crippen molar-refractivity contribution in [3.8, 4) is 0 Å². The van der Waals surface area contributed by atoms with Crippen molar-refractivity contribution in [3.63, 3.8) is 0 Å². The molecule has 0 unspecified atom stereocenters. The number of carbonyl (C=O) groups excluding carboxylic acids is 2. The maximum atomic E-state index is 12.1. The molecule has 0 aliphatic heterocycles. The first-order chi connectivity index (χ1) is 8.99. The molecule has 1 saturated carbocycles. The quantitative estimate of drug-likeness (QED) is 0.686. The number of primary amides is 1. The average molecular weight is 269 g/mol. The Hall–Kier alpha value is -1.26. The third-order valence-electron chi connectivity index (χ3n) is 3.63. The summed E-state index contributed by atoms with van der Waals surface area (Å²) in [5.41, 5.74) is 5.12. The van der Waals surface area contributed by atoms with E-state index in [-0.39, 0.29) is 5.91 Å². The zero-order valence-corrected chi connectivity index (χ0v) is 12.1. The molecule has 0 saturated heterocycles. The molecule has 5 nitrogen and oxygen atoms in total. The standard InChI is InChI=1S/C14H27N3O2/c1-10(2)8-12(17-14(15)19)13(18)16-9-11-6-4-3-5-7-11/h10-12H,3-9H2,1-2H3,(H,16,18)(H3,15,17,19)/t12-/m0/s1. The van der Waals surface area contributed by atoms with Gasteiger partial charge in [-0.05, 0) is 31.1 Å². The maximum Gasteiger partial charge on any atom is 0.312 e. The summed E-state index contributed by atoms with van der Waals surface area (Å²) in [5.74, 6) is 0.807. The Morgan fingerprint density at radius 2 is 1.84 bits per heavy atom. The van der Waals surface area contributed by atoms with Crippen LogP contribution in [0.4, 0.5) is 4.79 Å². The summed E-state index contributed by atoms with van der Waals surface area (Å²) in [4.78, 5) is 23.0. The van der Waals surface area contributed by atoms with Crippen LogP contribution in [-0.4, -0.2) is 24.5 Å². The smallest absolute Gasteiger partial charge is 0.312 e. The van der Waals surface area contributed by atoms with Crippen molar-refractivity contribution in [1.82, 2.24) is 10.6 Å². The molecular formula is C14H27N3O2. The van der Waals surface area contributed by atoms with E-state index in [0.717, 1.165) is 0 Å². The second-order valence-corrected chi connectivity index (χ2v) is 5.94. The molecule has 0 aromatic heterocycles. The lowest BCUT2D eigenvalue weighted by Crippen LogP contribution is -2.50.